The maximum absolute atomic E-state index is 5.85. The predicted molar refractivity (Wildman–Crippen MR) is 70.3 cm³/mol. The summed E-state index contributed by atoms with van der Waals surface area (Å²) in [6.45, 7) is 9.73. The molecule has 0 saturated heterocycles. The molecule has 0 spiro atoms. The molecule has 0 heterocycles. The maximum atomic E-state index is 5.85. The van der Waals surface area contributed by atoms with E-state index < -0.39 is 8.56 Å². The highest BCUT2D eigenvalue weighted by Crippen LogP contribution is 2.09. The normalized spacial score (nSPS) is 11.8. The molecule has 0 amide bonds. The van der Waals surface area contributed by atoms with E-state index in [2.05, 4.69) is 37.7 Å². The zero-order chi connectivity index (χ0) is 12.0. The van der Waals surface area contributed by atoms with Gasteiger partial charge in [-0.2, -0.15) is 0 Å². The SMILES string of the molecule is CCO[Si](C)(OCC)c1ccc(CC)cc1. The minimum Gasteiger partial charge on any atom is -0.391 e. The molecule has 0 saturated carbocycles. The minimum absolute atomic E-state index is 0.707. The summed E-state index contributed by atoms with van der Waals surface area (Å²) in [4.78, 5) is 0. The van der Waals surface area contributed by atoms with Crippen LogP contribution in [-0.2, 0) is 15.3 Å². The summed E-state index contributed by atoms with van der Waals surface area (Å²) in [5.41, 5.74) is 1.35. The van der Waals surface area contributed by atoms with Gasteiger partial charge >= 0.3 is 8.56 Å². The van der Waals surface area contributed by atoms with E-state index in [4.69, 9.17) is 8.85 Å². The molecule has 0 aliphatic heterocycles. The molecule has 0 aliphatic carbocycles. The molecule has 0 aliphatic rings. The van der Waals surface area contributed by atoms with Crippen LogP contribution < -0.4 is 5.19 Å². The van der Waals surface area contributed by atoms with Gasteiger partial charge in [0, 0.05) is 13.2 Å². The fourth-order valence-electron chi connectivity index (χ4n) is 1.80. The van der Waals surface area contributed by atoms with Crippen molar-refractivity contribution >= 4 is 13.7 Å². The van der Waals surface area contributed by atoms with Gasteiger partial charge in [0.2, 0.25) is 0 Å². The summed E-state index contributed by atoms with van der Waals surface area (Å²) in [6, 6.07) is 8.63. The van der Waals surface area contributed by atoms with Gasteiger partial charge < -0.3 is 8.85 Å². The summed E-state index contributed by atoms with van der Waals surface area (Å²) < 4.78 is 11.7. The van der Waals surface area contributed by atoms with Gasteiger partial charge in [-0.05, 0) is 37.6 Å². The highest BCUT2D eigenvalue weighted by molar-refractivity contribution is 6.79. The van der Waals surface area contributed by atoms with Crippen LogP contribution in [0.4, 0.5) is 0 Å². The Kier molecular flexibility index (Phi) is 5.18. The molecule has 0 atom stereocenters. The van der Waals surface area contributed by atoms with Crippen LogP contribution in [-0.4, -0.2) is 21.8 Å². The molecular weight excluding hydrogens is 216 g/mol. The van der Waals surface area contributed by atoms with Crippen molar-refractivity contribution in [2.45, 2.75) is 33.7 Å². The molecular formula is C13H22O2Si. The van der Waals surface area contributed by atoms with Gasteiger partial charge in [-0.1, -0.05) is 31.2 Å². The van der Waals surface area contributed by atoms with Gasteiger partial charge in [0.15, 0.2) is 0 Å². The number of benzene rings is 1. The zero-order valence-electron chi connectivity index (χ0n) is 10.7. The summed E-state index contributed by atoms with van der Waals surface area (Å²) in [5.74, 6) is 0. The van der Waals surface area contributed by atoms with E-state index in [-0.39, 0.29) is 0 Å². The maximum Gasteiger partial charge on any atom is 0.369 e. The Bertz CT molecular complexity index is 302. The van der Waals surface area contributed by atoms with Crippen LogP contribution in [0.2, 0.25) is 6.55 Å². The summed E-state index contributed by atoms with van der Waals surface area (Å²) in [7, 11) is -2.16. The van der Waals surface area contributed by atoms with Crippen molar-refractivity contribution in [3.63, 3.8) is 0 Å². The smallest absolute Gasteiger partial charge is 0.369 e. The van der Waals surface area contributed by atoms with Crippen molar-refractivity contribution in [2.24, 2.45) is 0 Å². The standard InChI is InChI=1S/C13H22O2Si/c1-5-12-8-10-13(11-9-12)16(4,14-6-2)15-7-3/h8-11H,5-7H2,1-4H3. The molecule has 3 heteroatoms. The molecule has 90 valence electrons. The molecule has 0 fully saturated rings. The fourth-order valence-corrected chi connectivity index (χ4v) is 4.09. The Hall–Kier alpha value is -0.643. The predicted octanol–water partition coefficient (Wildman–Crippen LogP) is 2.60. The van der Waals surface area contributed by atoms with Crippen LogP contribution in [0.25, 0.3) is 0 Å². The van der Waals surface area contributed by atoms with Crippen LogP contribution in [0.15, 0.2) is 24.3 Å². The van der Waals surface area contributed by atoms with Crippen molar-refractivity contribution in [1.82, 2.24) is 0 Å². The van der Waals surface area contributed by atoms with E-state index in [1.807, 2.05) is 13.8 Å². The van der Waals surface area contributed by atoms with Gasteiger partial charge in [-0.3, -0.25) is 0 Å². The molecule has 1 aromatic carbocycles. The van der Waals surface area contributed by atoms with Crippen LogP contribution in [0, 0.1) is 0 Å². The molecule has 0 N–H and O–H groups in total. The van der Waals surface area contributed by atoms with Crippen molar-refractivity contribution in [3.8, 4) is 0 Å². The topological polar surface area (TPSA) is 18.5 Å². The van der Waals surface area contributed by atoms with Gasteiger partial charge in [0.25, 0.3) is 0 Å². The van der Waals surface area contributed by atoms with E-state index in [0.29, 0.717) is 13.2 Å². The van der Waals surface area contributed by atoms with Gasteiger partial charge in [-0.25, -0.2) is 0 Å². The summed E-state index contributed by atoms with van der Waals surface area (Å²) >= 11 is 0. The van der Waals surface area contributed by atoms with Crippen molar-refractivity contribution < 1.29 is 8.85 Å². The van der Waals surface area contributed by atoms with E-state index in [9.17, 15) is 0 Å². The lowest BCUT2D eigenvalue weighted by Gasteiger charge is -2.26. The van der Waals surface area contributed by atoms with Gasteiger partial charge in [0.05, 0.1) is 0 Å². The second-order valence-electron chi connectivity index (χ2n) is 3.86. The Balaban J connectivity index is 2.91. The molecule has 16 heavy (non-hydrogen) atoms. The van der Waals surface area contributed by atoms with Crippen LogP contribution in [0.5, 0.6) is 0 Å². The van der Waals surface area contributed by atoms with E-state index >= 15 is 0 Å². The van der Waals surface area contributed by atoms with Crippen LogP contribution in [0.1, 0.15) is 26.3 Å². The fraction of sp³-hybridized carbons (Fsp3) is 0.538. The molecule has 1 rings (SSSR count). The lowest BCUT2D eigenvalue weighted by molar-refractivity contribution is 0.202. The molecule has 0 bridgehead atoms. The third kappa shape index (κ3) is 3.17. The molecule has 0 aromatic heterocycles. The quantitative estimate of drug-likeness (QED) is 0.709. The van der Waals surface area contributed by atoms with Crippen LogP contribution >= 0.6 is 0 Å². The average Bonchev–Trinajstić information content (AvgIpc) is 2.30. The highest BCUT2D eigenvalue weighted by atomic mass is 28.4. The first-order chi connectivity index (χ1) is 7.66. The third-order valence-corrected chi connectivity index (χ3v) is 5.79. The highest BCUT2D eigenvalue weighted by Gasteiger charge is 2.33. The third-order valence-electron chi connectivity index (χ3n) is 2.73. The van der Waals surface area contributed by atoms with E-state index in [0.717, 1.165) is 6.42 Å². The average molecular weight is 238 g/mol. The van der Waals surface area contributed by atoms with Crippen molar-refractivity contribution in [2.75, 3.05) is 13.2 Å². The van der Waals surface area contributed by atoms with Crippen LogP contribution in [0.3, 0.4) is 0 Å². The largest absolute Gasteiger partial charge is 0.391 e. The first-order valence-electron chi connectivity index (χ1n) is 6.03. The van der Waals surface area contributed by atoms with Crippen molar-refractivity contribution in [3.05, 3.63) is 29.8 Å². The lowest BCUT2D eigenvalue weighted by atomic mass is 10.2. The van der Waals surface area contributed by atoms with E-state index in [1.165, 1.54) is 10.8 Å². The Morgan fingerprint density at radius 3 is 1.81 bits per heavy atom. The summed E-state index contributed by atoms with van der Waals surface area (Å²) in [5, 5.41) is 1.22. The Morgan fingerprint density at radius 1 is 0.938 bits per heavy atom. The Morgan fingerprint density at radius 2 is 1.44 bits per heavy atom. The zero-order valence-corrected chi connectivity index (χ0v) is 11.7. The molecule has 2 nitrogen and oxygen atoms in total. The molecule has 0 radical (unpaired) electrons. The van der Waals surface area contributed by atoms with E-state index in [1.54, 1.807) is 0 Å². The molecule has 1 aromatic rings. The monoisotopic (exact) mass is 238 g/mol. The number of aryl methyl sites for hydroxylation is 1. The lowest BCUT2D eigenvalue weighted by Crippen LogP contribution is -2.51. The first kappa shape index (κ1) is 13.4. The number of rotatable bonds is 6. The second kappa shape index (κ2) is 6.18. The van der Waals surface area contributed by atoms with Crippen molar-refractivity contribution in [1.29, 1.82) is 0 Å². The Labute approximate surface area is 99.8 Å². The van der Waals surface area contributed by atoms with Gasteiger partial charge in [0.1, 0.15) is 0 Å². The number of hydrogen-bond acceptors (Lipinski definition) is 2. The summed E-state index contributed by atoms with van der Waals surface area (Å²) in [6.07, 6.45) is 1.07. The second-order valence-corrected chi connectivity index (χ2v) is 6.91. The molecule has 0 unspecified atom stereocenters. The van der Waals surface area contributed by atoms with Gasteiger partial charge in [-0.15, -0.1) is 0 Å². The minimum atomic E-state index is -2.16. The number of hydrogen-bond donors (Lipinski definition) is 0. The first-order valence-corrected chi connectivity index (χ1v) is 8.35.